The lowest BCUT2D eigenvalue weighted by Crippen LogP contribution is -2.45. The first-order valence-electron chi connectivity index (χ1n) is 8.95. The Hall–Kier alpha value is -2.87. The van der Waals surface area contributed by atoms with E-state index in [-0.39, 0.29) is 30.4 Å². The lowest BCUT2D eigenvalue weighted by molar-refractivity contribution is -0.120. The third-order valence-corrected chi connectivity index (χ3v) is 4.20. The highest BCUT2D eigenvalue weighted by molar-refractivity contribution is 5.94. The Kier molecular flexibility index (Phi) is 6.08. The highest BCUT2D eigenvalue weighted by Gasteiger charge is 2.22. The van der Waals surface area contributed by atoms with Crippen molar-refractivity contribution in [3.8, 4) is 0 Å². The smallest absolute Gasteiger partial charge is 0.287 e. The van der Waals surface area contributed by atoms with Crippen LogP contribution in [0.5, 0.6) is 0 Å². The summed E-state index contributed by atoms with van der Waals surface area (Å²) in [7, 11) is 0. The van der Waals surface area contributed by atoms with Crippen molar-refractivity contribution in [2.75, 3.05) is 24.5 Å². The third kappa shape index (κ3) is 5.30. The van der Waals surface area contributed by atoms with Gasteiger partial charge in [-0.25, -0.2) is 4.98 Å². The van der Waals surface area contributed by atoms with Crippen LogP contribution in [0.2, 0.25) is 0 Å². The zero-order chi connectivity index (χ0) is 19.2. The lowest BCUT2D eigenvalue weighted by atomic mass is 10.2. The largest absolute Gasteiger partial charge is 0.459 e. The topological polar surface area (TPSA) is 96.7 Å². The van der Waals surface area contributed by atoms with Gasteiger partial charge in [-0.3, -0.25) is 9.59 Å². The second-order valence-corrected chi connectivity index (χ2v) is 6.62. The number of rotatable bonds is 6. The molecule has 2 N–H and O–H groups in total. The van der Waals surface area contributed by atoms with Crippen molar-refractivity contribution in [2.45, 2.75) is 32.6 Å². The minimum Gasteiger partial charge on any atom is -0.459 e. The number of morpholine rings is 1. The predicted molar refractivity (Wildman–Crippen MR) is 99.3 cm³/mol. The number of hydrogen-bond donors (Lipinski definition) is 2. The van der Waals surface area contributed by atoms with Crippen LogP contribution in [0, 0.1) is 0 Å². The second-order valence-electron chi connectivity index (χ2n) is 6.62. The van der Waals surface area contributed by atoms with Crippen molar-refractivity contribution in [1.29, 1.82) is 0 Å². The van der Waals surface area contributed by atoms with E-state index < -0.39 is 5.91 Å². The van der Waals surface area contributed by atoms with Crippen LogP contribution in [-0.2, 0) is 16.1 Å². The molecule has 0 spiro atoms. The molecule has 0 saturated carbocycles. The zero-order valence-electron chi connectivity index (χ0n) is 15.5. The van der Waals surface area contributed by atoms with E-state index in [0.717, 1.165) is 24.5 Å². The molecule has 1 aliphatic rings. The first-order valence-corrected chi connectivity index (χ1v) is 8.95. The van der Waals surface area contributed by atoms with Crippen LogP contribution < -0.4 is 15.5 Å². The predicted octanol–water partition coefficient (Wildman–Crippen LogP) is 1.33. The van der Waals surface area contributed by atoms with Crippen molar-refractivity contribution in [3.05, 3.63) is 48.0 Å². The van der Waals surface area contributed by atoms with E-state index in [1.54, 1.807) is 12.3 Å². The molecule has 3 rings (SSSR count). The molecule has 3 heterocycles. The van der Waals surface area contributed by atoms with Gasteiger partial charge >= 0.3 is 0 Å². The van der Waals surface area contributed by atoms with Gasteiger partial charge in [-0.2, -0.15) is 0 Å². The first kappa shape index (κ1) is 18.9. The van der Waals surface area contributed by atoms with E-state index in [1.807, 2.05) is 12.1 Å². The van der Waals surface area contributed by atoms with Crippen molar-refractivity contribution < 1.29 is 18.7 Å². The Morgan fingerprint density at radius 3 is 2.59 bits per heavy atom. The van der Waals surface area contributed by atoms with Crippen LogP contribution in [0.15, 0.2) is 41.1 Å². The van der Waals surface area contributed by atoms with Gasteiger partial charge in [0.25, 0.3) is 5.91 Å². The quantitative estimate of drug-likeness (QED) is 0.794. The Bertz CT molecular complexity index is 751. The first-order chi connectivity index (χ1) is 13.0. The number of hydrogen-bond acceptors (Lipinski definition) is 6. The summed E-state index contributed by atoms with van der Waals surface area (Å²) in [6.45, 7) is 5.95. The monoisotopic (exact) mass is 372 g/mol. The van der Waals surface area contributed by atoms with Crippen molar-refractivity contribution in [3.63, 3.8) is 0 Å². The molecule has 0 aromatic carbocycles. The average molecular weight is 372 g/mol. The Morgan fingerprint density at radius 2 is 1.96 bits per heavy atom. The number of nitrogens with zero attached hydrogens (tertiary/aromatic N) is 2. The number of carbonyl (C=O) groups excluding carboxylic acids is 2. The summed E-state index contributed by atoms with van der Waals surface area (Å²) in [6.07, 6.45) is 3.50. The molecule has 0 radical (unpaired) electrons. The molecule has 27 heavy (non-hydrogen) atoms. The van der Waals surface area contributed by atoms with Gasteiger partial charge < -0.3 is 24.7 Å². The van der Waals surface area contributed by atoms with E-state index in [0.29, 0.717) is 6.54 Å². The summed E-state index contributed by atoms with van der Waals surface area (Å²) in [4.78, 5) is 30.3. The Balaban J connectivity index is 1.44. The second kappa shape index (κ2) is 8.68. The molecule has 0 unspecified atom stereocenters. The van der Waals surface area contributed by atoms with Crippen molar-refractivity contribution in [1.82, 2.24) is 15.6 Å². The van der Waals surface area contributed by atoms with Gasteiger partial charge in [0.2, 0.25) is 5.91 Å². The van der Waals surface area contributed by atoms with Crippen LogP contribution in [0.4, 0.5) is 5.82 Å². The SMILES string of the molecule is C[C@H]1CN(c2ccc(CNC(=O)CNC(=O)c3ccco3)cn2)C[C@H](C)O1. The van der Waals surface area contributed by atoms with Crippen LogP contribution in [0.1, 0.15) is 30.0 Å². The van der Waals surface area contributed by atoms with Crippen LogP contribution in [0.25, 0.3) is 0 Å². The molecule has 1 saturated heterocycles. The van der Waals surface area contributed by atoms with Gasteiger partial charge in [0.05, 0.1) is 25.0 Å². The van der Waals surface area contributed by atoms with Crippen LogP contribution in [0.3, 0.4) is 0 Å². The fraction of sp³-hybridized carbons (Fsp3) is 0.421. The molecule has 1 aliphatic heterocycles. The van der Waals surface area contributed by atoms with Crippen molar-refractivity contribution >= 4 is 17.6 Å². The molecule has 0 aliphatic carbocycles. The summed E-state index contributed by atoms with van der Waals surface area (Å²) in [5, 5.41) is 5.26. The third-order valence-electron chi connectivity index (χ3n) is 4.20. The van der Waals surface area contributed by atoms with Gasteiger partial charge in [0, 0.05) is 25.8 Å². The van der Waals surface area contributed by atoms with E-state index >= 15 is 0 Å². The van der Waals surface area contributed by atoms with E-state index in [2.05, 4.69) is 34.4 Å². The zero-order valence-corrected chi connectivity index (χ0v) is 15.5. The summed E-state index contributed by atoms with van der Waals surface area (Å²) < 4.78 is 10.7. The molecule has 2 aromatic rings. The highest BCUT2D eigenvalue weighted by atomic mass is 16.5. The molecule has 144 valence electrons. The number of ether oxygens (including phenoxy) is 1. The van der Waals surface area contributed by atoms with E-state index in [1.165, 1.54) is 12.3 Å². The maximum Gasteiger partial charge on any atom is 0.287 e. The maximum atomic E-state index is 11.9. The molecule has 0 bridgehead atoms. The number of aromatic nitrogens is 1. The summed E-state index contributed by atoms with van der Waals surface area (Å²) >= 11 is 0. The Labute approximate surface area is 157 Å². The van der Waals surface area contributed by atoms with E-state index in [9.17, 15) is 9.59 Å². The van der Waals surface area contributed by atoms with E-state index in [4.69, 9.17) is 9.15 Å². The number of anilines is 1. The molecule has 8 nitrogen and oxygen atoms in total. The molecule has 2 amide bonds. The Morgan fingerprint density at radius 1 is 1.19 bits per heavy atom. The summed E-state index contributed by atoms with van der Waals surface area (Å²) in [5.74, 6) is 0.372. The number of carbonyl (C=O) groups is 2. The standard InChI is InChI=1S/C19H24N4O4/c1-13-11-23(12-14(2)27-13)17-6-5-15(8-20-17)9-21-18(24)10-22-19(25)16-4-3-7-26-16/h3-8,13-14H,9-12H2,1-2H3,(H,21,24)(H,22,25)/t13-,14-/m0/s1. The molecule has 1 fully saturated rings. The highest BCUT2D eigenvalue weighted by Crippen LogP contribution is 2.18. The number of furan rings is 1. The lowest BCUT2D eigenvalue weighted by Gasteiger charge is -2.36. The van der Waals surface area contributed by atoms with Gasteiger partial charge in [-0.05, 0) is 37.6 Å². The average Bonchev–Trinajstić information content (AvgIpc) is 3.19. The number of amides is 2. The normalized spacial score (nSPS) is 19.6. The number of pyridine rings is 1. The summed E-state index contributed by atoms with van der Waals surface area (Å²) in [6, 6.07) is 7.04. The molecular formula is C19H24N4O4. The van der Waals surface area contributed by atoms with Crippen LogP contribution >= 0.6 is 0 Å². The van der Waals surface area contributed by atoms with Gasteiger partial charge in [-0.15, -0.1) is 0 Å². The maximum absolute atomic E-state index is 11.9. The molecular weight excluding hydrogens is 348 g/mol. The fourth-order valence-corrected chi connectivity index (χ4v) is 2.99. The number of nitrogens with one attached hydrogen (secondary N) is 2. The van der Waals surface area contributed by atoms with Gasteiger partial charge in [-0.1, -0.05) is 6.07 Å². The van der Waals surface area contributed by atoms with Gasteiger partial charge in [0.15, 0.2) is 5.76 Å². The van der Waals surface area contributed by atoms with Gasteiger partial charge in [0.1, 0.15) is 5.82 Å². The fourth-order valence-electron chi connectivity index (χ4n) is 2.99. The molecule has 2 aromatic heterocycles. The minimum absolute atomic E-state index is 0.116. The molecule has 2 atom stereocenters. The molecule has 8 heteroatoms. The minimum atomic E-state index is -0.421. The van der Waals surface area contributed by atoms with Crippen LogP contribution in [-0.4, -0.2) is 48.6 Å². The van der Waals surface area contributed by atoms with Crippen molar-refractivity contribution in [2.24, 2.45) is 0 Å². The summed E-state index contributed by atoms with van der Waals surface area (Å²) in [5.41, 5.74) is 0.888.